The van der Waals surface area contributed by atoms with Crippen molar-refractivity contribution in [1.82, 2.24) is 0 Å². The number of rotatable bonds is 6. The molecule has 0 aromatic heterocycles. The second-order valence-corrected chi connectivity index (χ2v) is 8.09. The molecule has 0 saturated carbocycles. The van der Waals surface area contributed by atoms with Crippen LogP contribution in [-0.4, -0.2) is 5.78 Å². The molecule has 0 N–H and O–H groups in total. The summed E-state index contributed by atoms with van der Waals surface area (Å²) in [7, 11) is 0. The van der Waals surface area contributed by atoms with Crippen LogP contribution in [0.5, 0.6) is 0 Å². The topological polar surface area (TPSA) is 17.1 Å². The van der Waals surface area contributed by atoms with Crippen LogP contribution < -0.4 is 0 Å². The van der Waals surface area contributed by atoms with Gasteiger partial charge in [-0.1, -0.05) is 89.4 Å². The number of carbonyl (C=O) groups is 1. The van der Waals surface area contributed by atoms with Gasteiger partial charge < -0.3 is 0 Å². The van der Waals surface area contributed by atoms with Gasteiger partial charge in [-0.25, -0.2) is 0 Å². The third kappa shape index (κ3) is 4.70. The van der Waals surface area contributed by atoms with Crippen molar-refractivity contribution in [3.63, 3.8) is 0 Å². The number of Topliss-reactive ketones (excluding diaryl/α,β-unsaturated/α-hetero) is 1. The Labute approximate surface area is 168 Å². The summed E-state index contributed by atoms with van der Waals surface area (Å²) in [6.45, 7) is 2.01. The molecule has 0 bridgehead atoms. The van der Waals surface area contributed by atoms with Crippen LogP contribution >= 0.6 is 35.0 Å². The van der Waals surface area contributed by atoms with Gasteiger partial charge in [-0.3, -0.25) is 4.79 Å². The molecule has 0 spiro atoms. The summed E-state index contributed by atoms with van der Waals surface area (Å²) < 4.78 is 0. The summed E-state index contributed by atoms with van der Waals surface area (Å²) in [6, 6.07) is 23.3. The van der Waals surface area contributed by atoms with Crippen LogP contribution in [0.25, 0.3) is 0 Å². The van der Waals surface area contributed by atoms with Crippen molar-refractivity contribution in [3.8, 4) is 0 Å². The summed E-state index contributed by atoms with van der Waals surface area (Å²) in [5.74, 6) is 0.115. The molecule has 1 unspecified atom stereocenters. The minimum atomic E-state index is -0.0408. The van der Waals surface area contributed by atoms with Gasteiger partial charge in [0.05, 0.1) is 10.0 Å². The molecule has 132 valence electrons. The van der Waals surface area contributed by atoms with Crippen molar-refractivity contribution in [1.29, 1.82) is 0 Å². The molecule has 3 rings (SSSR count). The molecule has 0 aliphatic heterocycles. The highest BCUT2D eigenvalue weighted by atomic mass is 35.5. The Morgan fingerprint density at radius 2 is 1.62 bits per heavy atom. The zero-order valence-corrected chi connectivity index (χ0v) is 16.6. The number of thioether (sulfide) groups is 1. The number of benzene rings is 3. The second kappa shape index (κ2) is 8.77. The number of halogens is 2. The van der Waals surface area contributed by atoms with Gasteiger partial charge in [-0.05, 0) is 24.6 Å². The van der Waals surface area contributed by atoms with Gasteiger partial charge >= 0.3 is 0 Å². The third-order valence-corrected chi connectivity index (χ3v) is 6.35. The van der Waals surface area contributed by atoms with Gasteiger partial charge in [0.2, 0.25) is 0 Å². The van der Waals surface area contributed by atoms with Gasteiger partial charge in [0.15, 0.2) is 5.78 Å². The van der Waals surface area contributed by atoms with Crippen LogP contribution in [0.1, 0.15) is 33.2 Å². The first-order chi connectivity index (χ1) is 12.5. The van der Waals surface area contributed by atoms with Gasteiger partial charge in [0.25, 0.3) is 0 Å². The fraction of sp³-hybridized carbons (Fsp3) is 0.136. The Balaban J connectivity index is 1.87. The molecule has 3 aromatic rings. The standard InChI is InChI=1S/C22H18Cl2OS/c1-15-10-12-16(13-11-15)19(25)14-21(17-6-3-2-4-7-17)26-20-9-5-8-18(23)22(20)24/h2-13,21H,14H2,1H3. The first-order valence-electron chi connectivity index (χ1n) is 8.30. The predicted octanol–water partition coefficient (Wildman–Crippen LogP) is 7.41. The maximum Gasteiger partial charge on any atom is 0.164 e. The van der Waals surface area contributed by atoms with Crippen molar-refractivity contribution in [3.05, 3.63) is 99.5 Å². The van der Waals surface area contributed by atoms with Crippen molar-refractivity contribution in [2.75, 3.05) is 0 Å². The monoisotopic (exact) mass is 400 g/mol. The first kappa shape index (κ1) is 19.0. The molecule has 0 aliphatic rings. The maximum atomic E-state index is 12.8. The normalized spacial score (nSPS) is 12.0. The van der Waals surface area contributed by atoms with Crippen LogP contribution in [0.15, 0.2) is 77.7 Å². The Bertz CT molecular complexity index is 892. The van der Waals surface area contributed by atoms with Gasteiger partial charge in [0, 0.05) is 22.1 Å². The molecule has 1 nitrogen and oxygen atoms in total. The average molecular weight is 401 g/mol. The van der Waals surface area contributed by atoms with E-state index in [2.05, 4.69) is 0 Å². The minimum absolute atomic E-state index is 0.0408. The average Bonchev–Trinajstić information content (AvgIpc) is 2.66. The van der Waals surface area contributed by atoms with Crippen molar-refractivity contribution in [2.45, 2.75) is 23.5 Å². The number of carbonyl (C=O) groups excluding carboxylic acids is 1. The zero-order valence-electron chi connectivity index (χ0n) is 14.3. The molecule has 0 heterocycles. The van der Waals surface area contributed by atoms with Gasteiger partial charge in [-0.15, -0.1) is 11.8 Å². The van der Waals surface area contributed by atoms with E-state index in [1.54, 1.807) is 17.8 Å². The number of ketones is 1. The summed E-state index contributed by atoms with van der Waals surface area (Å²) in [5, 5.41) is 1.01. The van der Waals surface area contributed by atoms with E-state index in [0.717, 1.165) is 21.6 Å². The molecular weight excluding hydrogens is 383 g/mol. The van der Waals surface area contributed by atoms with Crippen LogP contribution in [0.3, 0.4) is 0 Å². The lowest BCUT2D eigenvalue weighted by molar-refractivity contribution is 0.0982. The lowest BCUT2D eigenvalue weighted by atomic mass is 10.0. The smallest absolute Gasteiger partial charge is 0.164 e. The fourth-order valence-electron chi connectivity index (χ4n) is 2.65. The van der Waals surface area contributed by atoms with Crippen LogP contribution in [0.4, 0.5) is 0 Å². The van der Waals surface area contributed by atoms with E-state index in [-0.39, 0.29) is 11.0 Å². The Kier molecular flexibility index (Phi) is 6.42. The van der Waals surface area contributed by atoms with Crippen molar-refractivity contribution < 1.29 is 4.79 Å². The van der Waals surface area contributed by atoms with Crippen molar-refractivity contribution in [2.24, 2.45) is 0 Å². The maximum absolute atomic E-state index is 12.8. The summed E-state index contributed by atoms with van der Waals surface area (Å²) in [6.07, 6.45) is 0.389. The van der Waals surface area contributed by atoms with Crippen molar-refractivity contribution >= 4 is 40.7 Å². The SMILES string of the molecule is Cc1ccc(C(=O)CC(Sc2cccc(Cl)c2Cl)c2ccccc2)cc1. The van der Waals surface area contributed by atoms with Crippen LogP contribution in [0, 0.1) is 6.92 Å². The highest BCUT2D eigenvalue weighted by Gasteiger charge is 2.20. The van der Waals surface area contributed by atoms with Crippen LogP contribution in [0.2, 0.25) is 10.0 Å². The van der Waals surface area contributed by atoms with Crippen LogP contribution in [-0.2, 0) is 0 Å². The lowest BCUT2D eigenvalue weighted by Crippen LogP contribution is -2.05. The van der Waals surface area contributed by atoms with E-state index >= 15 is 0 Å². The zero-order chi connectivity index (χ0) is 18.5. The quantitative estimate of drug-likeness (QED) is 0.316. The molecular formula is C22H18Cl2OS. The highest BCUT2D eigenvalue weighted by Crippen LogP contribution is 2.43. The summed E-state index contributed by atoms with van der Waals surface area (Å²) in [5.41, 5.74) is 2.96. The Hall–Kier alpha value is -1.74. The summed E-state index contributed by atoms with van der Waals surface area (Å²) >= 11 is 14.1. The van der Waals surface area contributed by atoms with Gasteiger partial charge in [-0.2, -0.15) is 0 Å². The van der Waals surface area contributed by atoms with E-state index in [9.17, 15) is 4.79 Å². The Morgan fingerprint density at radius 1 is 0.923 bits per heavy atom. The van der Waals surface area contributed by atoms with E-state index in [1.165, 1.54) is 0 Å². The summed E-state index contributed by atoms with van der Waals surface area (Å²) in [4.78, 5) is 13.7. The lowest BCUT2D eigenvalue weighted by Gasteiger charge is -2.18. The molecule has 0 saturated heterocycles. The van der Waals surface area contributed by atoms with E-state index < -0.39 is 0 Å². The van der Waals surface area contributed by atoms with E-state index in [0.29, 0.717) is 16.5 Å². The molecule has 0 amide bonds. The number of aryl methyl sites for hydroxylation is 1. The first-order valence-corrected chi connectivity index (χ1v) is 9.93. The molecule has 4 heteroatoms. The van der Waals surface area contributed by atoms with E-state index in [1.807, 2.05) is 73.7 Å². The number of hydrogen-bond acceptors (Lipinski definition) is 2. The van der Waals surface area contributed by atoms with Gasteiger partial charge in [0.1, 0.15) is 0 Å². The Morgan fingerprint density at radius 3 is 2.31 bits per heavy atom. The molecule has 26 heavy (non-hydrogen) atoms. The largest absolute Gasteiger partial charge is 0.294 e. The predicted molar refractivity (Wildman–Crippen MR) is 112 cm³/mol. The van der Waals surface area contributed by atoms with E-state index in [4.69, 9.17) is 23.2 Å². The second-order valence-electron chi connectivity index (χ2n) is 6.06. The molecule has 0 radical (unpaired) electrons. The molecule has 3 aromatic carbocycles. The fourth-order valence-corrected chi connectivity index (χ4v) is 4.34. The highest BCUT2D eigenvalue weighted by molar-refractivity contribution is 7.99. The number of hydrogen-bond donors (Lipinski definition) is 0. The molecule has 0 aliphatic carbocycles. The minimum Gasteiger partial charge on any atom is -0.294 e. The molecule has 1 atom stereocenters. The molecule has 0 fully saturated rings. The third-order valence-electron chi connectivity index (χ3n) is 4.10.